The Hall–Kier alpha value is -1.52. The van der Waals surface area contributed by atoms with E-state index in [1.165, 1.54) is 0 Å². The molecule has 0 saturated carbocycles. The highest BCUT2D eigenvalue weighted by Crippen LogP contribution is 2.30. The second kappa shape index (κ2) is 3.25. The van der Waals surface area contributed by atoms with Gasteiger partial charge in [-0.1, -0.05) is 0 Å². The molecule has 2 atom stereocenters. The van der Waals surface area contributed by atoms with Crippen LogP contribution in [0.25, 0.3) is 0 Å². The first-order valence-electron chi connectivity index (χ1n) is 5.06. The zero-order valence-electron chi connectivity index (χ0n) is 9.14. The standard InChI is InChI=1S/C10H15N3O2/c1-6-4-7(2)13-9(12(6)3)5-8(11-13)10(14)15/h5-7H,4H2,1-3H3,(H,14,15). The number of anilines is 1. The van der Waals surface area contributed by atoms with E-state index in [1.54, 1.807) is 10.7 Å². The monoisotopic (exact) mass is 209 g/mol. The van der Waals surface area contributed by atoms with Crippen LogP contribution in [0.15, 0.2) is 6.07 Å². The van der Waals surface area contributed by atoms with Gasteiger partial charge in [0, 0.05) is 19.2 Å². The summed E-state index contributed by atoms with van der Waals surface area (Å²) in [6.45, 7) is 4.19. The van der Waals surface area contributed by atoms with Crippen molar-refractivity contribution < 1.29 is 9.90 Å². The molecule has 1 aromatic heterocycles. The van der Waals surface area contributed by atoms with Gasteiger partial charge < -0.3 is 10.0 Å². The molecule has 1 aromatic rings. The van der Waals surface area contributed by atoms with E-state index in [0.29, 0.717) is 6.04 Å². The van der Waals surface area contributed by atoms with Crippen molar-refractivity contribution in [1.82, 2.24) is 9.78 Å². The van der Waals surface area contributed by atoms with E-state index in [9.17, 15) is 4.79 Å². The Balaban J connectivity index is 2.47. The summed E-state index contributed by atoms with van der Waals surface area (Å²) in [5.41, 5.74) is 0.123. The first-order chi connectivity index (χ1) is 7.00. The normalized spacial score (nSPS) is 25.1. The first kappa shape index (κ1) is 10.0. The van der Waals surface area contributed by atoms with Gasteiger partial charge in [-0.3, -0.25) is 0 Å². The minimum atomic E-state index is -0.967. The van der Waals surface area contributed by atoms with Gasteiger partial charge in [-0.2, -0.15) is 5.10 Å². The molecule has 15 heavy (non-hydrogen) atoms. The molecule has 1 aliphatic rings. The number of rotatable bonds is 1. The molecule has 0 aliphatic carbocycles. The molecule has 5 heteroatoms. The van der Waals surface area contributed by atoms with Gasteiger partial charge in [0.25, 0.3) is 0 Å². The largest absolute Gasteiger partial charge is 0.476 e. The average Bonchev–Trinajstić information content (AvgIpc) is 2.59. The maximum absolute atomic E-state index is 10.8. The molecule has 2 rings (SSSR count). The third kappa shape index (κ3) is 1.48. The molecule has 2 unspecified atom stereocenters. The molecule has 0 bridgehead atoms. The van der Waals surface area contributed by atoms with Gasteiger partial charge >= 0.3 is 5.97 Å². The van der Waals surface area contributed by atoms with Crippen LogP contribution in [0.5, 0.6) is 0 Å². The molecule has 1 aliphatic heterocycles. The summed E-state index contributed by atoms with van der Waals surface area (Å²) in [6, 6.07) is 2.32. The summed E-state index contributed by atoms with van der Waals surface area (Å²) < 4.78 is 1.80. The van der Waals surface area contributed by atoms with Crippen molar-refractivity contribution >= 4 is 11.8 Å². The molecular weight excluding hydrogens is 194 g/mol. The zero-order chi connectivity index (χ0) is 11.2. The summed E-state index contributed by atoms with van der Waals surface area (Å²) in [5.74, 6) is -0.0798. The maximum atomic E-state index is 10.8. The summed E-state index contributed by atoms with van der Waals surface area (Å²) in [4.78, 5) is 12.9. The van der Waals surface area contributed by atoms with Gasteiger partial charge in [0.2, 0.25) is 0 Å². The fourth-order valence-corrected chi connectivity index (χ4v) is 2.05. The minimum Gasteiger partial charge on any atom is -0.476 e. The van der Waals surface area contributed by atoms with Crippen molar-refractivity contribution in [3.63, 3.8) is 0 Å². The topological polar surface area (TPSA) is 58.4 Å². The Bertz CT molecular complexity index is 399. The van der Waals surface area contributed by atoms with Crippen LogP contribution in [0.1, 0.15) is 36.8 Å². The molecule has 0 amide bonds. The fraction of sp³-hybridized carbons (Fsp3) is 0.600. The third-order valence-corrected chi connectivity index (χ3v) is 3.06. The van der Waals surface area contributed by atoms with Crippen molar-refractivity contribution in [1.29, 1.82) is 0 Å². The van der Waals surface area contributed by atoms with Crippen LogP contribution in [0.2, 0.25) is 0 Å². The Labute approximate surface area is 88.3 Å². The van der Waals surface area contributed by atoms with E-state index in [-0.39, 0.29) is 11.7 Å². The minimum absolute atomic E-state index is 0.123. The van der Waals surface area contributed by atoms with Crippen LogP contribution < -0.4 is 4.90 Å². The van der Waals surface area contributed by atoms with E-state index in [1.807, 2.05) is 7.05 Å². The number of fused-ring (bicyclic) bond motifs is 1. The lowest BCUT2D eigenvalue weighted by Crippen LogP contribution is -2.37. The predicted octanol–water partition coefficient (Wildman–Crippen LogP) is 1.37. The van der Waals surface area contributed by atoms with E-state index >= 15 is 0 Å². The lowest BCUT2D eigenvalue weighted by atomic mass is 10.1. The van der Waals surface area contributed by atoms with E-state index in [0.717, 1.165) is 12.2 Å². The van der Waals surface area contributed by atoms with Crippen molar-refractivity contribution in [3.8, 4) is 0 Å². The molecule has 82 valence electrons. The molecule has 0 saturated heterocycles. The van der Waals surface area contributed by atoms with Gasteiger partial charge in [-0.05, 0) is 20.3 Å². The number of hydrogen-bond acceptors (Lipinski definition) is 3. The molecule has 0 fully saturated rings. The molecule has 1 N–H and O–H groups in total. The Morgan fingerprint density at radius 3 is 2.80 bits per heavy atom. The van der Waals surface area contributed by atoms with Crippen LogP contribution in [0, 0.1) is 0 Å². The quantitative estimate of drug-likeness (QED) is 0.759. The van der Waals surface area contributed by atoms with E-state index in [2.05, 4.69) is 23.8 Å². The van der Waals surface area contributed by atoms with Gasteiger partial charge in [0.15, 0.2) is 5.69 Å². The molecule has 5 nitrogen and oxygen atoms in total. The van der Waals surface area contributed by atoms with E-state index < -0.39 is 5.97 Å². The number of aromatic carboxylic acids is 1. The maximum Gasteiger partial charge on any atom is 0.356 e. The highest BCUT2D eigenvalue weighted by atomic mass is 16.4. The highest BCUT2D eigenvalue weighted by molar-refractivity contribution is 5.86. The molecule has 0 spiro atoms. The molecule has 0 aromatic carbocycles. The van der Waals surface area contributed by atoms with Gasteiger partial charge in [-0.15, -0.1) is 0 Å². The van der Waals surface area contributed by atoms with Crippen LogP contribution >= 0.6 is 0 Å². The predicted molar refractivity (Wildman–Crippen MR) is 56.4 cm³/mol. The van der Waals surface area contributed by atoms with Gasteiger partial charge in [-0.25, -0.2) is 9.48 Å². The second-order valence-corrected chi connectivity index (χ2v) is 4.18. The number of carboxylic acids is 1. The van der Waals surface area contributed by atoms with Gasteiger partial charge in [0.05, 0.1) is 6.04 Å². The SMILES string of the molecule is CC1CC(C)n2nc(C(=O)O)cc2N1C. The van der Waals surface area contributed by atoms with Crippen molar-refractivity contribution in [2.24, 2.45) is 0 Å². The van der Waals surface area contributed by atoms with Crippen LogP contribution in [0.4, 0.5) is 5.82 Å². The Morgan fingerprint density at radius 1 is 1.53 bits per heavy atom. The fourth-order valence-electron chi connectivity index (χ4n) is 2.05. The van der Waals surface area contributed by atoms with Crippen LogP contribution in [0.3, 0.4) is 0 Å². The summed E-state index contributed by atoms with van der Waals surface area (Å²) in [5, 5.41) is 13.0. The third-order valence-electron chi connectivity index (χ3n) is 3.06. The summed E-state index contributed by atoms with van der Waals surface area (Å²) in [7, 11) is 1.97. The number of aromatic nitrogens is 2. The van der Waals surface area contributed by atoms with Crippen LogP contribution in [-0.2, 0) is 0 Å². The van der Waals surface area contributed by atoms with Crippen LogP contribution in [-0.4, -0.2) is 33.9 Å². The first-order valence-corrected chi connectivity index (χ1v) is 5.06. The van der Waals surface area contributed by atoms with Crippen molar-refractivity contribution in [2.75, 3.05) is 11.9 Å². The molecule has 0 radical (unpaired) electrons. The molecule has 2 heterocycles. The smallest absolute Gasteiger partial charge is 0.356 e. The Kier molecular flexibility index (Phi) is 2.17. The zero-order valence-corrected chi connectivity index (χ0v) is 9.14. The lowest BCUT2D eigenvalue weighted by Gasteiger charge is -2.35. The number of carboxylic acid groups (broad SMARTS) is 1. The summed E-state index contributed by atoms with van der Waals surface area (Å²) in [6.07, 6.45) is 0.990. The average molecular weight is 209 g/mol. The van der Waals surface area contributed by atoms with Gasteiger partial charge in [0.1, 0.15) is 5.82 Å². The second-order valence-electron chi connectivity index (χ2n) is 4.18. The van der Waals surface area contributed by atoms with Crippen molar-refractivity contribution in [3.05, 3.63) is 11.8 Å². The van der Waals surface area contributed by atoms with Crippen molar-refractivity contribution in [2.45, 2.75) is 32.4 Å². The Morgan fingerprint density at radius 2 is 2.20 bits per heavy atom. The number of nitrogens with zero attached hydrogens (tertiary/aromatic N) is 3. The molecular formula is C10H15N3O2. The van der Waals surface area contributed by atoms with E-state index in [4.69, 9.17) is 5.11 Å². The number of hydrogen-bond donors (Lipinski definition) is 1. The lowest BCUT2D eigenvalue weighted by molar-refractivity contribution is 0.0689. The highest BCUT2D eigenvalue weighted by Gasteiger charge is 2.28. The summed E-state index contributed by atoms with van der Waals surface area (Å²) >= 11 is 0. The number of carbonyl (C=O) groups is 1.